The van der Waals surface area contributed by atoms with Gasteiger partial charge in [0.1, 0.15) is 6.29 Å². The average molecular weight is 389 g/mol. The predicted octanol–water partition coefficient (Wildman–Crippen LogP) is 2.74. The Hall–Kier alpha value is -1.24. The van der Waals surface area contributed by atoms with Crippen molar-refractivity contribution in [3.05, 3.63) is 18.2 Å². The summed E-state index contributed by atoms with van der Waals surface area (Å²) in [5, 5.41) is 0. The van der Waals surface area contributed by atoms with Crippen molar-refractivity contribution in [3.63, 3.8) is 0 Å². The van der Waals surface area contributed by atoms with Crippen LogP contribution in [0, 0.1) is 11.3 Å². The minimum absolute atomic E-state index is 0.123. The van der Waals surface area contributed by atoms with Gasteiger partial charge in [-0.1, -0.05) is 6.92 Å². The maximum absolute atomic E-state index is 11.4. The summed E-state index contributed by atoms with van der Waals surface area (Å²) in [4.78, 5) is 21.0. The normalized spacial score (nSPS) is 36.4. The Morgan fingerprint density at radius 3 is 2.57 bits per heavy atom. The zero-order valence-electron chi connectivity index (χ0n) is 17.9. The number of rotatable bonds is 6. The fraction of sp³-hybridized carbons (Fsp3) is 0.818. The molecule has 2 saturated heterocycles. The largest absolute Gasteiger partial charge is 0.381 e. The molecular formula is C22H36N4O2. The maximum Gasteiger partial charge on any atom is 0.127 e. The molecule has 0 radical (unpaired) electrons. The zero-order chi connectivity index (χ0) is 19.9. The van der Waals surface area contributed by atoms with Gasteiger partial charge in [0, 0.05) is 68.6 Å². The lowest BCUT2D eigenvalue weighted by atomic mass is 9.92. The highest BCUT2D eigenvalue weighted by Crippen LogP contribution is 2.49. The molecular weight excluding hydrogens is 352 g/mol. The molecule has 2 aliphatic heterocycles. The molecule has 6 heteroatoms. The van der Waals surface area contributed by atoms with Crippen LogP contribution in [0.4, 0.5) is 0 Å². The van der Waals surface area contributed by atoms with Crippen molar-refractivity contribution in [2.75, 3.05) is 26.3 Å². The van der Waals surface area contributed by atoms with Crippen molar-refractivity contribution in [1.29, 1.82) is 0 Å². The Morgan fingerprint density at radius 2 is 1.96 bits per heavy atom. The van der Waals surface area contributed by atoms with Crippen molar-refractivity contribution in [3.8, 4) is 0 Å². The van der Waals surface area contributed by atoms with Gasteiger partial charge in [0.25, 0.3) is 0 Å². The summed E-state index contributed by atoms with van der Waals surface area (Å²) < 4.78 is 7.93. The molecule has 156 valence electrons. The number of carbonyl (C=O) groups excluding carboxylic acids is 1. The Bertz CT molecular complexity index is 674. The number of ether oxygens (including phenoxy) is 1. The van der Waals surface area contributed by atoms with E-state index < -0.39 is 0 Å². The summed E-state index contributed by atoms with van der Waals surface area (Å²) in [6.07, 6.45) is 8.52. The van der Waals surface area contributed by atoms with Crippen LogP contribution in [-0.4, -0.2) is 70.1 Å². The molecule has 5 atom stereocenters. The second kappa shape index (κ2) is 7.88. The molecule has 3 aliphatic rings. The van der Waals surface area contributed by atoms with Crippen LogP contribution < -0.4 is 0 Å². The fourth-order valence-corrected chi connectivity index (χ4v) is 5.59. The molecule has 28 heavy (non-hydrogen) atoms. The summed E-state index contributed by atoms with van der Waals surface area (Å²) in [5.74, 6) is 0.673. The first-order valence-corrected chi connectivity index (χ1v) is 11.0. The molecule has 0 N–H and O–H groups in total. The average Bonchev–Trinajstić information content (AvgIpc) is 3.13. The van der Waals surface area contributed by atoms with E-state index in [0.29, 0.717) is 30.1 Å². The molecule has 6 nitrogen and oxygen atoms in total. The lowest BCUT2D eigenvalue weighted by Gasteiger charge is -2.45. The summed E-state index contributed by atoms with van der Waals surface area (Å²) in [5.41, 5.74) is 1.19. The highest BCUT2D eigenvalue weighted by Gasteiger charge is 2.56. The van der Waals surface area contributed by atoms with Crippen molar-refractivity contribution in [2.24, 2.45) is 11.3 Å². The molecule has 0 aromatic carbocycles. The Morgan fingerprint density at radius 1 is 1.29 bits per heavy atom. The van der Waals surface area contributed by atoms with Crippen molar-refractivity contribution in [2.45, 2.75) is 77.7 Å². The van der Waals surface area contributed by atoms with Crippen molar-refractivity contribution in [1.82, 2.24) is 19.4 Å². The molecule has 3 fully saturated rings. The first-order valence-electron chi connectivity index (χ1n) is 11.0. The van der Waals surface area contributed by atoms with E-state index >= 15 is 0 Å². The molecule has 0 amide bonds. The van der Waals surface area contributed by atoms with Crippen molar-refractivity contribution >= 4 is 6.29 Å². The van der Waals surface area contributed by atoms with Crippen LogP contribution in [0.5, 0.6) is 0 Å². The number of hydrogen-bond acceptors (Lipinski definition) is 5. The summed E-state index contributed by atoms with van der Waals surface area (Å²) in [6.45, 7) is 13.9. The van der Waals surface area contributed by atoms with Crippen LogP contribution >= 0.6 is 0 Å². The first-order chi connectivity index (χ1) is 13.4. The van der Waals surface area contributed by atoms with Gasteiger partial charge in [0.15, 0.2) is 0 Å². The molecule has 1 aromatic heterocycles. The second-order valence-electron chi connectivity index (χ2n) is 9.67. The summed E-state index contributed by atoms with van der Waals surface area (Å²) in [7, 11) is 0. The van der Waals surface area contributed by atoms with Crippen LogP contribution in [0.25, 0.3) is 0 Å². The Kier molecular flexibility index (Phi) is 5.64. The number of nitrogens with zero attached hydrogens (tertiary/aromatic N) is 4. The Labute approximate surface area is 169 Å². The van der Waals surface area contributed by atoms with E-state index in [-0.39, 0.29) is 5.41 Å². The molecule has 0 spiro atoms. The number of hydrogen-bond donors (Lipinski definition) is 0. The fourth-order valence-electron chi connectivity index (χ4n) is 5.59. The van der Waals surface area contributed by atoms with Crippen LogP contribution in [0.2, 0.25) is 0 Å². The number of imidazole rings is 1. The maximum atomic E-state index is 11.4. The standard InChI is InChI=1S/C22H36N4O2/c1-16-11-24(12-17(2)26(16)21-9-22(21,4)14-27)13-20-10-23-15-25(20)18(3)19-5-7-28-8-6-19/h10,14-19,21H,5-9,11-13H2,1-4H3. The predicted molar refractivity (Wildman–Crippen MR) is 109 cm³/mol. The van der Waals surface area contributed by atoms with E-state index in [4.69, 9.17) is 4.74 Å². The number of aromatic nitrogens is 2. The van der Waals surface area contributed by atoms with E-state index in [1.807, 2.05) is 12.5 Å². The monoisotopic (exact) mass is 388 g/mol. The quantitative estimate of drug-likeness (QED) is 0.702. The van der Waals surface area contributed by atoms with Gasteiger partial charge in [0.2, 0.25) is 0 Å². The topological polar surface area (TPSA) is 50.6 Å². The Balaban J connectivity index is 1.40. The zero-order valence-corrected chi connectivity index (χ0v) is 17.9. The van der Waals surface area contributed by atoms with E-state index in [9.17, 15) is 4.79 Å². The van der Waals surface area contributed by atoms with E-state index in [1.165, 1.54) is 12.0 Å². The van der Waals surface area contributed by atoms with Gasteiger partial charge in [-0.2, -0.15) is 0 Å². The third-order valence-corrected chi connectivity index (χ3v) is 7.44. The lowest BCUT2D eigenvalue weighted by molar-refractivity contribution is -0.112. The molecule has 4 rings (SSSR count). The first kappa shape index (κ1) is 20.0. The molecule has 1 aromatic rings. The minimum Gasteiger partial charge on any atom is -0.381 e. The van der Waals surface area contributed by atoms with Gasteiger partial charge in [-0.25, -0.2) is 4.98 Å². The number of aldehydes is 1. The third kappa shape index (κ3) is 3.79. The molecule has 5 unspecified atom stereocenters. The SMILES string of the molecule is CC1CN(Cc2cncn2C(C)C2CCOCC2)CC(C)N1C1CC1(C)C=O. The smallest absolute Gasteiger partial charge is 0.127 e. The van der Waals surface area contributed by atoms with Gasteiger partial charge < -0.3 is 14.1 Å². The summed E-state index contributed by atoms with van der Waals surface area (Å²) >= 11 is 0. The second-order valence-corrected chi connectivity index (χ2v) is 9.67. The van der Waals surface area contributed by atoms with Crippen LogP contribution in [-0.2, 0) is 16.1 Å². The molecule has 0 bridgehead atoms. The van der Waals surface area contributed by atoms with Gasteiger partial charge in [-0.15, -0.1) is 0 Å². The van der Waals surface area contributed by atoms with Gasteiger partial charge >= 0.3 is 0 Å². The van der Waals surface area contributed by atoms with Crippen LogP contribution in [0.1, 0.15) is 58.7 Å². The van der Waals surface area contributed by atoms with Gasteiger partial charge in [-0.3, -0.25) is 9.80 Å². The van der Waals surface area contributed by atoms with E-state index in [1.54, 1.807) is 0 Å². The van der Waals surface area contributed by atoms with Crippen molar-refractivity contribution < 1.29 is 9.53 Å². The highest BCUT2D eigenvalue weighted by atomic mass is 16.5. The van der Waals surface area contributed by atoms with Crippen LogP contribution in [0.3, 0.4) is 0 Å². The number of carbonyl (C=O) groups is 1. The number of piperazine rings is 1. The summed E-state index contributed by atoms with van der Waals surface area (Å²) in [6, 6.07) is 1.84. The highest BCUT2D eigenvalue weighted by molar-refractivity contribution is 5.65. The van der Waals surface area contributed by atoms with Crippen LogP contribution in [0.15, 0.2) is 12.5 Å². The minimum atomic E-state index is -0.123. The molecule has 3 heterocycles. The molecule has 1 saturated carbocycles. The third-order valence-electron chi connectivity index (χ3n) is 7.44. The van der Waals surface area contributed by atoms with E-state index in [0.717, 1.165) is 52.1 Å². The van der Waals surface area contributed by atoms with Gasteiger partial charge in [-0.05, 0) is 46.0 Å². The lowest BCUT2D eigenvalue weighted by Crippen LogP contribution is -2.57. The molecule has 1 aliphatic carbocycles. The van der Waals surface area contributed by atoms with Gasteiger partial charge in [0.05, 0.1) is 12.0 Å². The van der Waals surface area contributed by atoms with E-state index in [2.05, 4.69) is 47.0 Å².